The summed E-state index contributed by atoms with van der Waals surface area (Å²) in [4.78, 5) is 31.4. The minimum Gasteiger partial charge on any atom is -0.354 e. The molecular weight excluding hydrogens is 299 g/mol. The molecule has 0 aliphatic carbocycles. The van der Waals surface area contributed by atoms with E-state index in [1.54, 1.807) is 18.6 Å². The molecule has 0 fully saturated rings. The molecule has 0 aliphatic rings. The number of benzene rings is 1. The van der Waals surface area contributed by atoms with Crippen molar-refractivity contribution in [1.82, 2.24) is 20.6 Å². The van der Waals surface area contributed by atoms with Gasteiger partial charge in [-0.25, -0.2) is 4.39 Å². The Balaban J connectivity index is 1.62. The van der Waals surface area contributed by atoms with Gasteiger partial charge in [0.25, 0.3) is 5.91 Å². The lowest BCUT2D eigenvalue weighted by molar-refractivity contribution is -0.121. The van der Waals surface area contributed by atoms with Crippen molar-refractivity contribution >= 4 is 11.8 Å². The molecule has 1 aromatic heterocycles. The van der Waals surface area contributed by atoms with Crippen LogP contribution >= 0.6 is 0 Å². The quantitative estimate of drug-likeness (QED) is 0.749. The van der Waals surface area contributed by atoms with Crippen molar-refractivity contribution < 1.29 is 14.0 Å². The van der Waals surface area contributed by atoms with Crippen molar-refractivity contribution in [2.24, 2.45) is 0 Å². The number of nitrogens with one attached hydrogen (secondary N) is 2. The van der Waals surface area contributed by atoms with Gasteiger partial charge in [0.1, 0.15) is 5.82 Å². The lowest BCUT2D eigenvalue weighted by Gasteiger charge is -2.07. The lowest BCUT2D eigenvalue weighted by atomic mass is 10.2. The maximum Gasteiger partial charge on any atom is 0.251 e. The molecule has 0 unspecified atom stereocenters. The summed E-state index contributed by atoms with van der Waals surface area (Å²) in [6.45, 7) is 0.624. The van der Waals surface area contributed by atoms with Gasteiger partial charge in [-0.3, -0.25) is 19.6 Å². The van der Waals surface area contributed by atoms with Crippen LogP contribution in [0.5, 0.6) is 0 Å². The molecule has 0 atom stereocenters. The zero-order valence-corrected chi connectivity index (χ0v) is 12.5. The molecule has 0 radical (unpaired) electrons. The molecule has 0 aliphatic heterocycles. The maximum atomic E-state index is 12.8. The summed E-state index contributed by atoms with van der Waals surface area (Å²) >= 11 is 0. The molecule has 1 aromatic carbocycles. The average molecular weight is 316 g/mol. The molecule has 0 saturated carbocycles. The van der Waals surface area contributed by atoms with Crippen molar-refractivity contribution in [3.8, 4) is 0 Å². The first-order chi connectivity index (χ1) is 11.1. The van der Waals surface area contributed by atoms with Crippen LogP contribution in [-0.4, -0.2) is 34.9 Å². The normalized spacial score (nSPS) is 10.1. The van der Waals surface area contributed by atoms with E-state index in [2.05, 4.69) is 20.6 Å². The number of halogens is 1. The molecule has 0 bridgehead atoms. The summed E-state index contributed by atoms with van der Waals surface area (Å²) in [7, 11) is 0. The Morgan fingerprint density at radius 1 is 1.04 bits per heavy atom. The topological polar surface area (TPSA) is 84.0 Å². The number of carbonyl (C=O) groups excluding carboxylic acids is 2. The Hall–Kier alpha value is -2.83. The molecular formula is C16H17FN4O2. The monoisotopic (exact) mass is 316 g/mol. The third-order valence-electron chi connectivity index (χ3n) is 3.06. The summed E-state index contributed by atoms with van der Waals surface area (Å²) < 4.78 is 12.8. The highest BCUT2D eigenvalue weighted by atomic mass is 19.1. The van der Waals surface area contributed by atoms with Crippen LogP contribution in [-0.2, 0) is 11.2 Å². The molecule has 6 nitrogen and oxygen atoms in total. The molecule has 2 rings (SSSR count). The number of rotatable bonds is 7. The van der Waals surface area contributed by atoms with E-state index in [9.17, 15) is 14.0 Å². The molecule has 2 amide bonds. The second kappa shape index (κ2) is 8.57. The summed E-state index contributed by atoms with van der Waals surface area (Å²) in [5.41, 5.74) is 1.13. The molecule has 1 heterocycles. The Kier molecular flexibility index (Phi) is 6.17. The molecule has 0 spiro atoms. The largest absolute Gasteiger partial charge is 0.354 e. The lowest BCUT2D eigenvalue weighted by Crippen LogP contribution is -2.34. The first-order valence-electron chi connectivity index (χ1n) is 7.20. The van der Waals surface area contributed by atoms with Gasteiger partial charge in [0.15, 0.2) is 0 Å². The van der Waals surface area contributed by atoms with Gasteiger partial charge in [-0.2, -0.15) is 0 Å². The van der Waals surface area contributed by atoms with Crippen LogP contribution in [0, 0.1) is 5.82 Å². The van der Waals surface area contributed by atoms with Gasteiger partial charge in [0, 0.05) is 43.7 Å². The molecule has 23 heavy (non-hydrogen) atoms. The Morgan fingerprint density at radius 3 is 2.48 bits per heavy atom. The van der Waals surface area contributed by atoms with Crippen molar-refractivity contribution in [3.05, 3.63) is 59.9 Å². The zero-order valence-electron chi connectivity index (χ0n) is 12.5. The summed E-state index contributed by atoms with van der Waals surface area (Å²) in [5, 5.41) is 5.36. The Bertz CT molecular complexity index is 647. The molecule has 2 N–H and O–H groups in total. The fourth-order valence-corrected chi connectivity index (χ4v) is 1.87. The Labute approximate surface area is 133 Å². The van der Waals surface area contributed by atoms with Crippen LogP contribution in [0.25, 0.3) is 0 Å². The standard InChI is InChI=1S/C16H17FN4O2/c17-13-3-1-12(2-4-13)16(23)21-10-9-20-15(22)6-5-14-11-18-7-8-19-14/h1-4,7-8,11H,5-6,9-10H2,(H,20,22)(H,21,23). The van der Waals surface area contributed by atoms with Crippen molar-refractivity contribution in [2.75, 3.05) is 13.1 Å². The second-order valence-corrected chi connectivity index (χ2v) is 4.81. The number of amides is 2. The van der Waals surface area contributed by atoms with E-state index in [1.165, 1.54) is 24.3 Å². The van der Waals surface area contributed by atoms with Crippen LogP contribution in [0.2, 0.25) is 0 Å². The Morgan fingerprint density at radius 2 is 1.78 bits per heavy atom. The number of hydrogen-bond acceptors (Lipinski definition) is 4. The number of aromatic nitrogens is 2. The third-order valence-corrected chi connectivity index (χ3v) is 3.06. The van der Waals surface area contributed by atoms with E-state index in [4.69, 9.17) is 0 Å². The first-order valence-corrected chi connectivity index (χ1v) is 7.20. The van der Waals surface area contributed by atoms with Crippen LogP contribution in [0.15, 0.2) is 42.9 Å². The second-order valence-electron chi connectivity index (χ2n) is 4.81. The smallest absolute Gasteiger partial charge is 0.251 e. The highest BCUT2D eigenvalue weighted by Gasteiger charge is 2.06. The number of aryl methyl sites for hydroxylation is 1. The molecule has 7 heteroatoms. The fraction of sp³-hybridized carbons (Fsp3) is 0.250. The van der Waals surface area contributed by atoms with Crippen LogP contribution in [0.3, 0.4) is 0 Å². The van der Waals surface area contributed by atoms with Crippen LogP contribution in [0.1, 0.15) is 22.5 Å². The highest BCUT2D eigenvalue weighted by Crippen LogP contribution is 2.02. The number of carbonyl (C=O) groups is 2. The van der Waals surface area contributed by atoms with Gasteiger partial charge >= 0.3 is 0 Å². The summed E-state index contributed by atoms with van der Waals surface area (Å²) in [6, 6.07) is 5.26. The van der Waals surface area contributed by atoms with E-state index in [-0.39, 0.29) is 11.8 Å². The van der Waals surface area contributed by atoms with E-state index < -0.39 is 5.82 Å². The van der Waals surface area contributed by atoms with Crippen molar-refractivity contribution in [1.29, 1.82) is 0 Å². The fourth-order valence-electron chi connectivity index (χ4n) is 1.87. The first kappa shape index (κ1) is 16.5. The van der Waals surface area contributed by atoms with Crippen molar-refractivity contribution in [2.45, 2.75) is 12.8 Å². The van der Waals surface area contributed by atoms with Crippen LogP contribution in [0.4, 0.5) is 4.39 Å². The molecule has 120 valence electrons. The third kappa shape index (κ3) is 5.82. The van der Waals surface area contributed by atoms with Gasteiger partial charge in [0.05, 0.1) is 5.69 Å². The van der Waals surface area contributed by atoms with Gasteiger partial charge in [0.2, 0.25) is 5.91 Å². The van der Waals surface area contributed by atoms with E-state index in [0.29, 0.717) is 31.5 Å². The number of hydrogen-bond donors (Lipinski definition) is 2. The summed E-state index contributed by atoms with van der Waals surface area (Å²) in [6.07, 6.45) is 5.61. The van der Waals surface area contributed by atoms with Gasteiger partial charge in [-0.15, -0.1) is 0 Å². The van der Waals surface area contributed by atoms with E-state index >= 15 is 0 Å². The SMILES string of the molecule is O=C(CCc1cnccn1)NCCNC(=O)c1ccc(F)cc1. The van der Waals surface area contributed by atoms with Gasteiger partial charge < -0.3 is 10.6 Å². The average Bonchev–Trinajstić information content (AvgIpc) is 2.58. The maximum absolute atomic E-state index is 12.8. The van der Waals surface area contributed by atoms with Gasteiger partial charge in [-0.1, -0.05) is 0 Å². The highest BCUT2D eigenvalue weighted by molar-refractivity contribution is 5.94. The number of nitrogens with zero attached hydrogens (tertiary/aromatic N) is 2. The van der Waals surface area contributed by atoms with E-state index in [0.717, 1.165) is 5.69 Å². The van der Waals surface area contributed by atoms with Crippen molar-refractivity contribution in [3.63, 3.8) is 0 Å². The van der Waals surface area contributed by atoms with Gasteiger partial charge in [-0.05, 0) is 30.7 Å². The predicted molar refractivity (Wildman–Crippen MR) is 82.1 cm³/mol. The zero-order chi connectivity index (χ0) is 16.5. The minimum atomic E-state index is -0.392. The predicted octanol–water partition coefficient (Wildman–Crippen LogP) is 1.09. The van der Waals surface area contributed by atoms with Crippen LogP contribution < -0.4 is 10.6 Å². The molecule has 0 saturated heterocycles. The van der Waals surface area contributed by atoms with E-state index in [1.807, 2.05) is 0 Å². The minimum absolute atomic E-state index is 0.119. The summed E-state index contributed by atoms with van der Waals surface area (Å²) in [5.74, 6) is -0.817. The molecule has 2 aromatic rings.